The maximum atomic E-state index is 12.9. The third kappa shape index (κ3) is 3.37. The highest BCUT2D eigenvalue weighted by atomic mass is 16.1. The van der Waals surface area contributed by atoms with Gasteiger partial charge in [-0.25, -0.2) is 9.97 Å². The molecule has 4 heterocycles. The summed E-state index contributed by atoms with van der Waals surface area (Å²) in [4.78, 5) is 21.4. The molecule has 158 valence electrons. The summed E-state index contributed by atoms with van der Waals surface area (Å²) >= 11 is 0. The molecule has 0 radical (unpaired) electrons. The molecule has 31 heavy (non-hydrogen) atoms. The second kappa shape index (κ2) is 7.78. The number of nitrogens with zero attached hydrogens (tertiary/aromatic N) is 4. The molecule has 1 aromatic carbocycles. The SMILES string of the molecule is CCCC1NCCc2c1c1ccc(-n3ccc(-c4cnc(C)nc4)cc3=O)cc1n2C. The first-order valence-electron chi connectivity index (χ1n) is 10.9. The Labute approximate surface area is 181 Å². The molecular formula is C25H27N5O. The molecule has 5 rings (SSSR count). The van der Waals surface area contributed by atoms with Crippen LogP contribution in [-0.2, 0) is 13.5 Å². The normalized spacial score (nSPS) is 15.9. The highest BCUT2D eigenvalue weighted by Crippen LogP contribution is 2.36. The van der Waals surface area contributed by atoms with Crippen LogP contribution in [0.1, 0.15) is 42.9 Å². The van der Waals surface area contributed by atoms with Crippen molar-refractivity contribution < 1.29 is 0 Å². The van der Waals surface area contributed by atoms with Gasteiger partial charge in [0.25, 0.3) is 5.56 Å². The van der Waals surface area contributed by atoms with Crippen molar-refractivity contribution in [1.82, 2.24) is 24.4 Å². The number of pyridine rings is 1. The summed E-state index contributed by atoms with van der Waals surface area (Å²) in [6, 6.07) is 10.4. The van der Waals surface area contributed by atoms with Crippen LogP contribution in [-0.4, -0.2) is 25.6 Å². The summed E-state index contributed by atoms with van der Waals surface area (Å²) in [5.41, 5.74) is 6.49. The third-order valence-corrected chi connectivity index (χ3v) is 6.34. The van der Waals surface area contributed by atoms with E-state index in [-0.39, 0.29) is 5.56 Å². The Hall–Kier alpha value is -3.25. The summed E-state index contributed by atoms with van der Waals surface area (Å²) in [6.45, 7) is 5.09. The van der Waals surface area contributed by atoms with Crippen LogP contribution in [0.4, 0.5) is 0 Å². The Balaban J connectivity index is 1.58. The number of aryl methyl sites for hydroxylation is 2. The quantitative estimate of drug-likeness (QED) is 0.548. The Morgan fingerprint density at radius 3 is 2.68 bits per heavy atom. The fraction of sp³-hybridized carbons (Fsp3) is 0.320. The van der Waals surface area contributed by atoms with E-state index in [1.807, 2.05) is 19.2 Å². The second-order valence-electron chi connectivity index (χ2n) is 8.31. The molecular weight excluding hydrogens is 386 g/mol. The smallest absolute Gasteiger partial charge is 0.255 e. The third-order valence-electron chi connectivity index (χ3n) is 6.34. The van der Waals surface area contributed by atoms with E-state index in [1.54, 1.807) is 23.0 Å². The Morgan fingerprint density at radius 1 is 1.13 bits per heavy atom. The van der Waals surface area contributed by atoms with E-state index in [0.29, 0.717) is 11.9 Å². The maximum absolute atomic E-state index is 12.9. The molecule has 1 aliphatic heterocycles. The van der Waals surface area contributed by atoms with Gasteiger partial charge in [-0.3, -0.25) is 9.36 Å². The summed E-state index contributed by atoms with van der Waals surface area (Å²) in [7, 11) is 2.14. The predicted molar refractivity (Wildman–Crippen MR) is 124 cm³/mol. The van der Waals surface area contributed by atoms with Crippen LogP contribution in [0.15, 0.2) is 53.7 Å². The van der Waals surface area contributed by atoms with Crippen molar-refractivity contribution in [1.29, 1.82) is 0 Å². The van der Waals surface area contributed by atoms with Gasteiger partial charge in [0.15, 0.2) is 0 Å². The molecule has 1 atom stereocenters. The van der Waals surface area contributed by atoms with Gasteiger partial charge in [0, 0.05) is 67.4 Å². The second-order valence-corrected chi connectivity index (χ2v) is 8.31. The molecule has 1 aliphatic rings. The minimum absolute atomic E-state index is 0.0677. The predicted octanol–water partition coefficient (Wildman–Crippen LogP) is 4.08. The van der Waals surface area contributed by atoms with Gasteiger partial charge in [0.2, 0.25) is 0 Å². The van der Waals surface area contributed by atoms with Crippen LogP contribution in [0.2, 0.25) is 0 Å². The Bertz CT molecular complexity index is 1320. The zero-order valence-corrected chi connectivity index (χ0v) is 18.2. The molecule has 0 fully saturated rings. The highest BCUT2D eigenvalue weighted by Gasteiger charge is 2.25. The molecule has 0 spiro atoms. The topological polar surface area (TPSA) is 64.7 Å². The maximum Gasteiger partial charge on any atom is 0.255 e. The van der Waals surface area contributed by atoms with Crippen molar-refractivity contribution in [3.05, 3.63) is 76.4 Å². The van der Waals surface area contributed by atoms with Gasteiger partial charge < -0.3 is 9.88 Å². The molecule has 0 amide bonds. The van der Waals surface area contributed by atoms with Crippen LogP contribution in [0.5, 0.6) is 0 Å². The molecule has 0 saturated carbocycles. The average molecular weight is 414 g/mol. The lowest BCUT2D eigenvalue weighted by Gasteiger charge is -2.25. The monoisotopic (exact) mass is 413 g/mol. The van der Waals surface area contributed by atoms with Gasteiger partial charge in [0.05, 0.1) is 11.2 Å². The number of nitrogens with one attached hydrogen (secondary N) is 1. The number of aromatic nitrogens is 4. The van der Waals surface area contributed by atoms with Gasteiger partial charge in [0.1, 0.15) is 5.82 Å². The summed E-state index contributed by atoms with van der Waals surface area (Å²) in [5, 5.41) is 4.97. The van der Waals surface area contributed by atoms with Crippen LogP contribution in [0, 0.1) is 6.92 Å². The molecule has 6 nitrogen and oxygen atoms in total. The van der Waals surface area contributed by atoms with E-state index >= 15 is 0 Å². The van der Waals surface area contributed by atoms with E-state index in [4.69, 9.17) is 0 Å². The van der Waals surface area contributed by atoms with Crippen LogP contribution in [0.3, 0.4) is 0 Å². The number of rotatable bonds is 4. The molecule has 1 unspecified atom stereocenters. The van der Waals surface area contributed by atoms with Crippen molar-refractivity contribution in [2.24, 2.45) is 7.05 Å². The fourth-order valence-corrected chi connectivity index (χ4v) is 4.76. The number of hydrogen-bond acceptors (Lipinski definition) is 4. The number of fused-ring (bicyclic) bond motifs is 3. The molecule has 6 heteroatoms. The fourth-order valence-electron chi connectivity index (χ4n) is 4.76. The largest absolute Gasteiger partial charge is 0.347 e. The lowest BCUT2D eigenvalue weighted by atomic mass is 9.94. The highest BCUT2D eigenvalue weighted by molar-refractivity contribution is 5.88. The van der Waals surface area contributed by atoms with Crippen molar-refractivity contribution >= 4 is 10.9 Å². The molecule has 0 bridgehead atoms. The van der Waals surface area contributed by atoms with Crippen molar-refractivity contribution in [3.8, 4) is 16.8 Å². The summed E-state index contributed by atoms with van der Waals surface area (Å²) in [5.74, 6) is 0.715. The van der Waals surface area contributed by atoms with Crippen molar-refractivity contribution in [2.75, 3.05) is 6.54 Å². The summed E-state index contributed by atoms with van der Waals surface area (Å²) < 4.78 is 4.01. The first kappa shape index (κ1) is 19.7. The summed E-state index contributed by atoms with van der Waals surface area (Å²) in [6.07, 6.45) is 8.66. The van der Waals surface area contributed by atoms with E-state index in [2.05, 4.69) is 52.0 Å². The average Bonchev–Trinajstić information content (AvgIpc) is 3.07. The lowest BCUT2D eigenvalue weighted by molar-refractivity contribution is 0.466. The first-order valence-corrected chi connectivity index (χ1v) is 10.9. The molecule has 3 aromatic heterocycles. The van der Waals surface area contributed by atoms with E-state index in [9.17, 15) is 4.79 Å². The molecule has 4 aromatic rings. The zero-order valence-electron chi connectivity index (χ0n) is 18.2. The standard InChI is InChI=1S/C25H27N5O/c1-4-5-21-25-20-7-6-19(13-23(20)29(3)22(25)8-10-26-21)30-11-9-17(12-24(30)31)18-14-27-16(2)28-15-18/h6-7,9,11-15,21,26H,4-5,8,10H2,1-3H3. The van der Waals surface area contributed by atoms with Gasteiger partial charge in [-0.15, -0.1) is 0 Å². The van der Waals surface area contributed by atoms with Crippen LogP contribution >= 0.6 is 0 Å². The minimum Gasteiger partial charge on any atom is -0.347 e. The van der Waals surface area contributed by atoms with Gasteiger partial charge in [-0.1, -0.05) is 19.4 Å². The first-order chi connectivity index (χ1) is 15.1. The van der Waals surface area contributed by atoms with E-state index < -0.39 is 0 Å². The van der Waals surface area contributed by atoms with Crippen LogP contribution in [0.25, 0.3) is 27.7 Å². The minimum atomic E-state index is -0.0677. The Morgan fingerprint density at radius 2 is 1.94 bits per heavy atom. The van der Waals surface area contributed by atoms with Gasteiger partial charge in [-0.2, -0.15) is 0 Å². The zero-order chi connectivity index (χ0) is 21.5. The van der Waals surface area contributed by atoms with Crippen molar-refractivity contribution in [3.63, 3.8) is 0 Å². The number of benzene rings is 1. The number of hydrogen-bond donors (Lipinski definition) is 1. The van der Waals surface area contributed by atoms with E-state index in [1.165, 1.54) is 22.2 Å². The van der Waals surface area contributed by atoms with Gasteiger partial charge >= 0.3 is 0 Å². The lowest BCUT2D eigenvalue weighted by Crippen LogP contribution is -2.30. The van der Waals surface area contributed by atoms with Gasteiger partial charge in [-0.05, 0) is 42.7 Å². The van der Waals surface area contributed by atoms with Crippen LogP contribution < -0.4 is 10.9 Å². The Kier molecular flexibility index (Phi) is 4.94. The molecule has 1 N–H and O–H groups in total. The van der Waals surface area contributed by atoms with Crippen molar-refractivity contribution in [2.45, 2.75) is 39.2 Å². The molecule has 0 saturated heterocycles. The molecule has 0 aliphatic carbocycles. The van der Waals surface area contributed by atoms with E-state index in [0.717, 1.165) is 42.6 Å².